The molecule has 4 aromatic rings. The number of nitrogens with zero attached hydrogens (tertiary/aromatic N) is 2. The highest BCUT2D eigenvalue weighted by Crippen LogP contribution is 2.40. The average molecular weight is 542 g/mol. The molecule has 1 atom stereocenters. The largest absolute Gasteiger partial charge is 0.480 e. The number of halogens is 4. The van der Waals surface area contributed by atoms with Crippen molar-refractivity contribution in [3.63, 3.8) is 0 Å². The fourth-order valence-electron chi connectivity index (χ4n) is 4.35. The van der Waals surface area contributed by atoms with Crippen LogP contribution in [0.25, 0.3) is 34.0 Å². The Balaban J connectivity index is 1.63. The molecule has 0 saturated carbocycles. The summed E-state index contributed by atoms with van der Waals surface area (Å²) in [7, 11) is 0. The summed E-state index contributed by atoms with van der Waals surface area (Å²) in [6.45, 7) is 5.62. The van der Waals surface area contributed by atoms with Crippen LogP contribution in [0.2, 0.25) is 0 Å². The lowest BCUT2D eigenvalue weighted by atomic mass is 9.94. The molecule has 0 unspecified atom stereocenters. The smallest absolute Gasteiger partial charge is 0.417 e. The molecular formula is C29H27F4N3O3. The predicted octanol–water partition coefficient (Wildman–Crippen LogP) is 7.13. The van der Waals surface area contributed by atoms with Crippen LogP contribution in [0.5, 0.6) is 0 Å². The molecule has 0 saturated heterocycles. The summed E-state index contributed by atoms with van der Waals surface area (Å²) in [5.41, 5.74) is 1.10. The van der Waals surface area contributed by atoms with Crippen LogP contribution >= 0.6 is 0 Å². The van der Waals surface area contributed by atoms with Crippen molar-refractivity contribution < 1.29 is 32.0 Å². The highest BCUT2D eigenvalue weighted by atomic mass is 19.4. The van der Waals surface area contributed by atoms with Crippen LogP contribution in [0.1, 0.15) is 37.0 Å². The number of hydrogen-bond donors (Lipinski definition) is 2. The highest BCUT2D eigenvalue weighted by molar-refractivity contribution is 5.75. The van der Waals surface area contributed by atoms with Crippen LogP contribution in [0, 0.1) is 18.7 Å². The fraction of sp³-hybridized carbons (Fsp3) is 0.276. The first-order valence-electron chi connectivity index (χ1n) is 12.3. The average Bonchev–Trinajstić information content (AvgIpc) is 3.36. The van der Waals surface area contributed by atoms with E-state index in [0.29, 0.717) is 23.1 Å². The maximum Gasteiger partial charge on any atom is 0.417 e. The quantitative estimate of drug-likeness (QED) is 0.219. The van der Waals surface area contributed by atoms with E-state index in [-0.39, 0.29) is 40.9 Å². The standard InChI is InChI=1S/C29H27F4N3O3/c1-16(2)10-25(28(37)38)34-15-18-11-20(13-21(30)12-18)26-35-27(39-36-26)19-8-9-23(24(14-19)29(31,32)33)22-7-5-4-6-17(22)3/h4-9,11-14,16,25,34H,10,15H2,1-3H3,(H,37,38)/t25-/m0/s1. The van der Waals surface area contributed by atoms with E-state index >= 15 is 0 Å². The third-order valence-corrected chi connectivity index (χ3v) is 6.21. The first-order chi connectivity index (χ1) is 18.4. The first kappa shape index (κ1) is 28.0. The summed E-state index contributed by atoms with van der Waals surface area (Å²) in [4.78, 5) is 15.7. The number of aromatic nitrogens is 2. The molecule has 0 amide bonds. The number of rotatable bonds is 9. The minimum atomic E-state index is -4.63. The monoisotopic (exact) mass is 541 g/mol. The van der Waals surface area contributed by atoms with Gasteiger partial charge in [0.25, 0.3) is 5.89 Å². The zero-order valence-corrected chi connectivity index (χ0v) is 21.5. The van der Waals surface area contributed by atoms with Gasteiger partial charge in [-0.25, -0.2) is 4.39 Å². The lowest BCUT2D eigenvalue weighted by molar-refractivity contribution is -0.140. The van der Waals surface area contributed by atoms with Crippen LogP contribution in [0.4, 0.5) is 17.6 Å². The Morgan fingerprint density at radius 1 is 1.03 bits per heavy atom. The predicted molar refractivity (Wildman–Crippen MR) is 138 cm³/mol. The normalized spacial score (nSPS) is 12.6. The molecule has 39 heavy (non-hydrogen) atoms. The third kappa shape index (κ3) is 6.69. The number of carboxylic acid groups (broad SMARTS) is 1. The van der Waals surface area contributed by atoms with Gasteiger partial charge < -0.3 is 14.9 Å². The minimum absolute atomic E-state index is 0.0146. The van der Waals surface area contributed by atoms with Crippen molar-refractivity contribution in [1.82, 2.24) is 15.5 Å². The van der Waals surface area contributed by atoms with E-state index in [1.165, 1.54) is 24.3 Å². The molecule has 3 aromatic carbocycles. The second-order valence-electron chi connectivity index (χ2n) is 9.75. The summed E-state index contributed by atoms with van der Waals surface area (Å²) in [5, 5.41) is 16.2. The van der Waals surface area contributed by atoms with Gasteiger partial charge >= 0.3 is 12.1 Å². The van der Waals surface area contributed by atoms with Crippen LogP contribution in [0.3, 0.4) is 0 Å². The molecule has 0 fully saturated rings. The molecule has 0 aliphatic carbocycles. The highest BCUT2D eigenvalue weighted by Gasteiger charge is 2.35. The van der Waals surface area contributed by atoms with E-state index in [1.807, 2.05) is 13.8 Å². The van der Waals surface area contributed by atoms with Crippen molar-refractivity contribution in [2.75, 3.05) is 0 Å². The molecule has 6 nitrogen and oxygen atoms in total. The van der Waals surface area contributed by atoms with Gasteiger partial charge in [0.05, 0.1) is 5.56 Å². The molecule has 1 heterocycles. The van der Waals surface area contributed by atoms with E-state index in [9.17, 15) is 27.5 Å². The number of hydrogen-bond acceptors (Lipinski definition) is 5. The van der Waals surface area contributed by atoms with Crippen molar-refractivity contribution in [3.05, 3.63) is 83.2 Å². The van der Waals surface area contributed by atoms with Gasteiger partial charge in [0.15, 0.2) is 0 Å². The van der Waals surface area contributed by atoms with Crippen molar-refractivity contribution in [3.8, 4) is 34.0 Å². The number of carbonyl (C=O) groups is 1. The van der Waals surface area contributed by atoms with E-state index in [4.69, 9.17) is 4.52 Å². The van der Waals surface area contributed by atoms with Gasteiger partial charge in [0, 0.05) is 17.7 Å². The minimum Gasteiger partial charge on any atom is -0.480 e. The van der Waals surface area contributed by atoms with E-state index in [2.05, 4.69) is 15.5 Å². The molecule has 0 aliphatic rings. The summed E-state index contributed by atoms with van der Waals surface area (Å²) < 4.78 is 61.7. The number of aliphatic carboxylic acids is 1. The van der Waals surface area contributed by atoms with Crippen LogP contribution < -0.4 is 5.32 Å². The lowest BCUT2D eigenvalue weighted by Gasteiger charge is -2.16. The van der Waals surface area contributed by atoms with Gasteiger partial charge in [-0.15, -0.1) is 0 Å². The zero-order chi connectivity index (χ0) is 28.3. The topological polar surface area (TPSA) is 88.2 Å². The molecular weight excluding hydrogens is 514 g/mol. The molecule has 204 valence electrons. The summed E-state index contributed by atoms with van der Waals surface area (Å²) in [5.74, 6) is -1.64. The second kappa shape index (κ2) is 11.4. The van der Waals surface area contributed by atoms with Gasteiger partial charge in [-0.2, -0.15) is 18.2 Å². The second-order valence-corrected chi connectivity index (χ2v) is 9.75. The van der Waals surface area contributed by atoms with E-state index in [1.54, 1.807) is 37.3 Å². The Bertz CT molecular complexity index is 1480. The molecule has 0 bridgehead atoms. The number of benzene rings is 3. The van der Waals surface area contributed by atoms with Crippen molar-refractivity contribution in [1.29, 1.82) is 0 Å². The number of carboxylic acids is 1. The van der Waals surface area contributed by atoms with Crippen LogP contribution in [-0.4, -0.2) is 27.3 Å². The Labute approximate surface area is 222 Å². The molecule has 1 aromatic heterocycles. The van der Waals surface area contributed by atoms with Crippen molar-refractivity contribution >= 4 is 5.97 Å². The summed E-state index contributed by atoms with van der Waals surface area (Å²) >= 11 is 0. The van der Waals surface area contributed by atoms with E-state index in [0.717, 1.165) is 6.07 Å². The maximum absolute atomic E-state index is 14.4. The van der Waals surface area contributed by atoms with E-state index < -0.39 is 29.6 Å². The SMILES string of the molecule is Cc1ccccc1-c1ccc(-c2nc(-c3cc(F)cc(CN[C@@H](CC(C)C)C(=O)O)c3)no2)cc1C(F)(F)F. The summed E-state index contributed by atoms with van der Waals surface area (Å²) in [6, 6.07) is 13.8. The van der Waals surface area contributed by atoms with Gasteiger partial charge in [0.1, 0.15) is 11.9 Å². The number of nitrogens with one attached hydrogen (secondary N) is 1. The van der Waals surface area contributed by atoms with Crippen molar-refractivity contribution in [2.24, 2.45) is 5.92 Å². The summed E-state index contributed by atoms with van der Waals surface area (Å²) in [6.07, 6.45) is -4.24. The van der Waals surface area contributed by atoms with Gasteiger partial charge in [-0.3, -0.25) is 4.79 Å². The Kier molecular flexibility index (Phi) is 8.15. The van der Waals surface area contributed by atoms with Gasteiger partial charge in [-0.05, 0) is 71.8 Å². The molecule has 0 aliphatic heterocycles. The Morgan fingerprint density at radius 3 is 2.44 bits per heavy atom. The zero-order valence-electron chi connectivity index (χ0n) is 21.5. The van der Waals surface area contributed by atoms with Crippen LogP contribution in [-0.2, 0) is 17.5 Å². The van der Waals surface area contributed by atoms with Gasteiger partial charge in [-0.1, -0.05) is 49.3 Å². The number of alkyl halides is 3. The first-order valence-corrected chi connectivity index (χ1v) is 12.3. The van der Waals surface area contributed by atoms with Crippen molar-refractivity contribution in [2.45, 2.75) is 46.0 Å². The van der Waals surface area contributed by atoms with Gasteiger partial charge in [0.2, 0.25) is 5.82 Å². The molecule has 2 N–H and O–H groups in total. The Hall–Kier alpha value is -4.05. The maximum atomic E-state index is 14.4. The lowest BCUT2D eigenvalue weighted by Crippen LogP contribution is -2.37. The molecule has 0 radical (unpaired) electrons. The van der Waals surface area contributed by atoms with Crippen LogP contribution in [0.15, 0.2) is 65.2 Å². The molecule has 10 heteroatoms. The molecule has 0 spiro atoms. The number of aryl methyl sites for hydroxylation is 1. The third-order valence-electron chi connectivity index (χ3n) is 6.21. The fourth-order valence-corrected chi connectivity index (χ4v) is 4.35. The Morgan fingerprint density at radius 2 is 1.77 bits per heavy atom. The molecule has 4 rings (SSSR count).